The molecule has 1 aromatic rings. The van der Waals surface area contributed by atoms with Crippen molar-refractivity contribution in [2.24, 2.45) is 4.99 Å². The second-order valence-electron chi connectivity index (χ2n) is 6.32. The first-order valence-corrected chi connectivity index (χ1v) is 11.0. The zero-order valence-electron chi connectivity index (χ0n) is 15.6. The molecule has 0 amide bonds. The third kappa shape index (κ3) is 5.05. The Balaban J connectivity index is 1.53. The molecular formula is C18H28N2O5Si. The van der Waals surface area contributed by atoms with E-state index in [2.05, 4.69) is 9.89 Å². The fourth-order valence-corrected chi connectivity index (χ4v) is 5.64. The summed E-state index contributed by atoms with van der Waals surface area (Å²) in [6.07, 6.45) is 2.70. The molecule has 0 N–H and O–H groups in total. The van der Waals surface area contributed by atoms with E-state index in [4.69, 9.17) is 22.8 Å². The van der Waals surface area contributed by atoms with Gasteiger partial charge in [-0.2, -0.15) is 0 Å². The van der Waals surface area contributed by atoms with E-state index < -0.39 is 8.80 Å². The topological polar surface area (TPSA) is 61.8 Å². The summed E-state index contributed by atoms with van der Waals surface area (Å²) in [6.45, 7) is 5.67. The van der Waals surface area contributed by atoms with Crippen molar-refractivity contribution in [2.75, 3.05) is 60.2 Å². The van der Waals surface area contributed by atoms with Crippen molar-refractivity contribution in [2.45, 2.75) is 12.5 Å². The lowest BCUT2D eigenvalue weighted by Crippen LogP contribution is -2.55. The second-order valence-corrected chi connectivity index (χ2v) is 9.05. The molecule has 0 aromatic heterocycles. The van der Waals surface area contributed by atoms with E-state index in [1.54, 1.807) is 14.2 Å². The van der Waals surface area contributed by atoms with Gasteiger partial charge in [0, 0.05) is 44.0 Å². The van der Waals surface area contributed by atoms with Crippen LogP contribution < -0.4 is 9.47 Å². The molecule has 0 saturated carbocycles. The molecule has 3 aliphatic heterocycles. The van der Waals surface area contributed by atoms with Gasteiger partial charge in [-0.1, -0.05) is 0 Å². The van der Waals surface area contributed by atoms with E-state index in [0.29, 0.717) is 26.4 Å². The largest absolute Gasteiger partial charge is 0.501 e. The first-order valence-electron chi connectivity index (χ1n) is 9.11. The van der Waals surface area contributed by atoms with Crippen LogP contribution in [0.1, 0.15) is 12.0 Å². The van der Waals surface area contributed by atoms with E-state index in [9.17, 15) is 0 Å². The highest BCUT2D eigenvalue weighted by Gasteiger charge is 2.43. The minimum absolute atomic E-state index is 0.691. The van der Waals surface area contributed by atoms with Crippen LogP contribution in [0.3, 0.4) is 0 Å². The lowest BCUT2D eigenvalue weighted by molar-refractivity contribution is -0.00841. The van der Waals surface area contributed by atoms with Crippen LogP contribution in [0.4, 0.5) is 0 Å². The van der Waals surface area contributed by atoms with Gasteiger partial charge in [-0.15, -0.1) is 0 Å². The molecule has 1 aromatic carbocycles. The smallest absolute Gasteiger partial charge is 0.497 e. The predicted molar refractivity (Wildman–Crippen MR) is 101 cm³/mol. The normalized spacial score (nSPS) is 26.3. The van der Waals surface area contributed by atoms with Crippen molar-refractivity contribution in [3.8, 4) is 11.5 Å². The van der Waals surface area contributed by atoms with Gasteiger partial charge in [-0.3, -0.25) is 9.89 Å². The van der Waals surface area contributed by atoms with Crippen LogP contribution in [0.5, 0.6) is 11.5 Å². The number of benzene rings is 1. The van der Waals surface area contributed by atoms with Gasteiger partial charge < -0.3 is 22.8 Å². The number of ether oxygens (including phenoxy) is 2. The monoisotopic (exact) mass is 380 g/mol. The van der Waals surface area contributed by atoms with Gasteiger partial charge in [0.2, 0.25) is 0 Å². The molecule has 3 fully saturated rings. The molecule has 2 bridgehead atoms. The number of aliphatic imine (C=N–C) groups is 1. The zero-order chi connectivity index (χ0) is 18.2. The lowest BCUT2D eigenvalue weighted by Gasteiger charge is -2.38. The number of hydrogen-bond acceptors (Lipinski definition) is 7. The summed E-state index contributed by atoms with van der Waals surface area (Å²) >= 11 is 0. The number of hydrogen-bond donors (Lipinski definition) is 0. The summed E-state index contributed by atoms with van der Waals surface area (Å²) in [5.41, 5.74) is 0.906. The van der Waals surface area contributed by atoms with Crippen molar-refractivity contribution in [3.05, 3.63) is 23.8 Å². The van der Waals surface area contributed by atoms with Crippen molar-refractivity contribution in [1.29, 1.82) is 0 Å². The summed E-state index contributed by atoms with van der Waals surface area (Å²) in [6, 6.07) is 6.48. The average Bonchev–Trinajstić information content (AvgIpc) is 2.61. The maximum Gasteiger partial charge on any atom is 0.501 e. The molecule has 3 heterocycles. The highest BCUT2D eigenvalue weighted by molar-refractivity contribution is 6.60. The Bertz CT molecular complexity index is 587. The van der Waals surface area contributed by atoms with Crippen LogP contribution in [-0.4, -0.2) is 80.1 Å². The summed E-state index contributed by atoms with van der Waals surface area (Å²) < 4.78 is 28.7. The van der Waals surface area contributed by atoms with E-state index in [1.807, 2.05) is 24.4 Å². The van der Waals surface area contributed by atoms with Gasteiger partial charge in [-0.25, -0.2) is 0 Å². The van der Waals surface area contributed by atoms with E-state index in [0.717, 1.165) is 49.2 Å². The molecule has 26 heavy (non-hydrogen) atoms. The van der Waals surface area contributed by atoms with Gasteiger partial charge in [0.05, 0.1) is 34.0 Å². The molecule has 8 heteroatoms. The fourth-order valence-electron chi connectivity index (χ4n) is 3.16. The standard InChI is InChI=1S/C18H28N2O5Si/c1-21-17-4-5-18(22-2)16(14-17)15-19-6-3-13-26-23-10-7-20(8-11-24-26)9-12-25-26/h4-5,14-15H,3,6-13H2,1-2H3. The Morgan fingerprint density at radius 3 is 2.38 bits per heavy atom. The number of nitrogens with zero attached hydrogens (tertiary/aromatic N) is 2. The summed E-state index contributed by atoms with van der Waals surface area (Å²) in [7, 11) is 0.767. The maximum atomic E-state index is 6.04. The molecule has 0 unspecified atom stereocenters. The van der Waals surface area contributed by atoms with Crippen LogP contribution in [0.2, 0.25) is 6.04 Å². The molecule has 0 spiro atoms. The van der Waals surface area contributed by atoms with Gasteiger partial charge in [-0.05, 0) is 24.6 Å². The Labute approximate surface area is 156 Å². The van der Waals surface area contributed by atoms with Crippen LogP contribution in [-0.2, 0) is 13.3 Å². The molecule has 3 saturated heterocycles. The molecule has 0 aliphatic carbocycles. The quantitative estimate of drug-likeness (QED) is 0.409. The zero-order valence-corrected chi connectivity index (χ0v) is 16.6. The minimum Gasteiger partial charge on any atom is -0.497 e. The molecule has 4 rings (SSSR count). The second kappa shape index (κ2) is 9.47. The Hall–Kier alpha value is -1.45. The highest BCUT2D eigenvalue weighted by atomic mass is 28.4. The molecule has 0 atom stereocenters. The highest BCUT2D eigenvalue weighted by Crippen LogP contribution is 2.23. The molecule has 7 nitrogen and oxygen atoms in total. The fraction of sp³-hybridized carbons (Fsp3) is 0.611. The van der Waals surface area contributed by atoms with Gasteiger partial charge in [0.25, 0.3) is 0 Å². The third-order valence-electron chi connectivity index (χ3n) is 4.63. The van der Waals surface area contributed by atoms with Crippen molar-refractivity contribution < 1.29 is 22.8 Å². The Morgan fingerprint density at radius 1 is 1.08 bits per heavy atom. The number of fused-ring (bicyclic) bond motifs is 6. The average molecular weight is 381 g/mol. The Kier molecular flexibility index (Phi) is 7.04. The van der Waals surface area contributed by atoms with Crippen molar-refractivity contribution in [1.82, 2.24) is 4.90 Å². The van der Waals surface area contributed by atoms with Gasteiger partial charge in [0.15, 0.2) is 0 Å². The van der Waals surface area contributed by atoms with Crippen LogP contribution in [0.25, 0.3) is 0 Å². The molecule has 144 valence electrons. The predicted octanol–water partition coefficient (Wildman–Crippen LogP) is 1.83. The number of rotatable bonds is 7. The summed E-state index contributed by atoms with van der Waals surface area (Å²) in [5.74, 6) is 1.56. The van der Waals surface area contributed by atoms with Crippen LogP contribution in [0, 0.1) is 0 Å². The van der Waals surface area contributed by atoms with Crippen molar-refractivity contribution >= 4 is 15.0 Å². The maximum absolute atomic E-state index is 6.04. The first-order chi connectivity index (χ1) is 12.7. The summed E-state index contributed by atoms with van der Waals surface area (Å²) in [4.78, 5) is 6.86. The van der Waals surface area contributed by atoms with Crippen molar-refractivity contribution in [3.63, 3.8) is 0 Å². The van der Waals surface area contributed by atoms with E-state index >= 15 is 0 Å². The van der Waals surface area contributed by atoms with Crippen LogP contribution in [0.15, 0.2) is 23.2 Å². The van der Waals surface area contributed by atoms with Gasteiger partial charge >= 0.3 is 8.80 Å². The third-order valence-corrected chi connectivity index (χ3v) is 7.52. The van der Waals surface area contributed by atoms with E-state index in [-0.39, 0.29) is 0 Å². The Morgan fingerprint density at radius 2 is 1.77 bits per heavy atom. The minimum atomic E-state index is -2.53. The molecular weight excluding hydrogens is 352 g/mol. The summed E-state index contributed by atoms with van der Waals surface area (Å²) in [5, 5.41) is 0. The molecule has 0 radical (unpaired) electrons. The molecule has 3 aliphatic rings. The SMILES string of the molecule is COc1ccc(OC)c(C=NCCC[Si]23OCCN(CCO2)CCO3)c1. The lowest BCUT2D eigenvalue weighted by atomic mass is 10.2. The first kappa shape index (κ1) is 19.3. The number of methoxy groups -OCH3 is 2. The van der Waals surface area contributed by atoms with E-state index in [1.165, 1.54) is 0 Å². The van der Waals surface area contributed by atoms with Crippen LogP contribution >= 0.6 is 0 Å². The van der Waals surface area contributed by atoms with Gasteiger partial charge in [0.1, 0.15) is 11.5 Å².